The second kappa shape index (κ2) is 9.06. The third-order valence-corrected chi connectivity index (χ3v) is 5.54. The molecule has 0 aliphatic carbocycles. The van der Waals surface area contributed by atoms with E-state index < -0.39 is 5.82 Å². The molecule has 1 N–H and O–H groups in total. The molecule has 0 aromatic heterocycles. The molecule has 3 rings (SSSR count). The van der Waals surface area contributed by atoms with Gasteiger partial charge in [0, 0.05) is 38.7 Å². The van der Waals surface area contributed by atoms with Gasteiger partial charge in [0.25, 0.3) is 0 Å². The van der Waals surface area contributed by atoms with Crippen molar-refractivity contribution >= 4 is 17.6 Å². The molecule has 2 fully saturated rings. The molecular formula is C20H28FN3O3. The Hall–Kier alpha value is -2.31. The van der Waals surface area contributed by atoms with Gasteiger partial charge in [-0.05, 0) is 50.2 Å². The highest BCUT2D eigenvalue weighted by Crippen LogP contribution is 2.25. The number of carbonyl (C=O) groups is 2. The van der Waals surface area contributed by atoms with Crippen molar-refractivity contribution in [2.45, 2.75) is 38.5 Å². The summed E-state index contributed by atoms with van der Waals surface area (Å²) in [5.41, 5.74) is 0.152. The molecule has 0 spiro atoms. The highest BCUT2D eigenvalue weighted by molar-refractivity contribution is 5.89. The Bertz CT molecular complexity index is 668. The number of hydrogen-bond acceptors (Lipinski definition) is 3. The fourth-order valence-electron chi connectivity index (χ4n) is 3.80. The van der Waals surface area contributed by atoms with E-state index >= 15 is 0 Å². The first-order chi connectivity index (χ1) is 13.1. The molecule has 1 aromatic carbocycles. The van der Waals surface area contributed by atoms with Crippen molar-refractivity contribution < 1.29 is 18.7 Å². The highest BCUT2D eigenvalue weighted by Gasteiger charge is 2.25. The van der Waals surface area contributed by atoms with E-state index in [0.717, 1.165) is 45.2 Å². The minimum atomic E-state index is -0.516. The van der Waals surface area contributed by atoms with Gasteiger partial charge in [-0.1, -0.05) is 0 Å². The van der Waals surface area contributed by atoms with E-state index in [0.29, 0.717) is 31.2 Å². The monoisotopic (exact) mass is 377 g/mol. The summed E-state index contributed by atoms with van der Waals surface area (Å²) >= 11 is 0. The highest BCUT2D eigenvalue weighted by atomic mass is 19.1. The first-order valence-corrected chi connectivity index (χ1v) is 9.74. The van der Waals surface area contributed by atoms with Crippen LogP contribution in [0.1, 0.15) is 38.5 Å². The van der Waals surface area contributed by atoms with Crippen LogP contribution < -0.4 is 10.1 Å². The molecule has 2 saturated heterocycles. The number of benzene rings is 1. The maximum Gasteiger partial charge on any atom is 0.321 e. The van der Waals surface area contributed by atoms with Crippen LogP contribution in [0.4, 0.5) is 14.9 Å². The predicted molar refractivity (Wildman–Crippen MR) is 101 cm³/mol. The number of piperidine rings is 1. The molecule has 7 heteroatoms. The van der Waals surface area contributed by atoms with E-state index in [1.54, 1.807) is 11.0 Å². The molecule has 6 nitrogen and oxygen atoms in total. The molecule has 2 aliphatic heterocycles. The molecule has 0 unspecified atom stereocenters. The molecule has 0 atom stereocenters. The zero-order chi connectivity index (χ0) is 19.2. The van der Waals surface area contributed by atoms with Crippen molar-refractivity contribution in [2.75, 3.05) is 38.6 Å². The van der Waals surface area contributed by atoms with Gasteiger partial charge in [0.1, 0.15) is 11.6 Å². The first-order valence-electron chi connectivity index (χ1n) is 9.74. The smallest absolute Gasteiger partial charge is 0.321 e. The Labute approximate surface area is 159 Å². The fourth-order valence-corrected chi connectivity index (χ4v) is 3.80. The van der Waals surface area contributed by atoms with Gasteiger partial charge >= 0.3 is 6.03 Å². The van der Waals surface area contributed by atoms with Crippen LogP contribution >= 0.6 is 0 Å². The standard InChI is InChI=1S/C20H28FN3O3/c1-27-16-5-6-18(17(21)14-16)22-20(26)24-12-8-15(9-13-24)4-7-19(25)23-10-2-3-11-23/h5-6,14-15H,2-4,7-13H2,1H3,(H,22,26). The third-order valence-electron chi connectivity index (χ3n) is 5.54. The Morgan fingerprint density at radius 1 is 1.15 bits per heavy atom. The lowest BCUT2D eigenvalue weighted by atomic mass is 9.92. The van der Waals surface area contributed by atoms with E-state index in [1.165, 1.54) is 19.2 Å². The van der Waals surface area contributed by atoms with Gasteiger partial charge in [0.15, 0.2) is 0 Å². The molecule has 1 aromatic rings. The van der Waals surface area contributed by atoms with Gasteiger partial charge in [-0.3, -0.25) is 4.79 Å². The van der Waals surface area contributed by atoms with E-state index in [9.17, 15) is 14.0 Å². The molecule has 0 bridgehead atoms. The molecule has 0 radical (unpaired) electrons. The number of ether oxygens (including phenoxy) is 1. The Balaban J connectivity index is 1.41. The van der Waals surface area contributed by atoms with Crippen LogP contribution in [0.5, 0.6) is 5.75 Å². The lowest BCUT2D eigenvalue weighted by Crippen LogP contribution is -2.41. The average Bonchev–Trinajstić information content (AvgIpc) is 3.23. The summed E-state index contributed by atoms with van der Waals surface area (Å²) in [4.78, 5) is 28.2. The second-order valence-electron chi connectivity index (χ2n) is 7.33. The molecule has 3 amide bonds. The number of nitrogens with one attached hydrogen (secondary N) is 1. The van der Waals surface area contributed by atoms with Crippen molar-refractivity contribution in [2.24, 2.45) is 5.92 Å². The number of likely N-dealkylation sites (tertiary alicyclic amines) is 2. The number of amides is 3. The van der Waals surface area contributed by atoms with Crippen LogP contribution in [0.2, 0.25) is 0 Å². The number of rotatable bonds is 5. The van der Waals surface area contributed by atoms with Crippen molar-refractivity contribution in [3.8, 4) is 5.75 Å². The fraction of sp³-hybridized carbons (Fsp3) is 0.600. The summed E-state index contributed by atoms with van der Waals surface area (Å²) in [6, 6.07) is 4.08. The summed E-state index contributed by atoms with van der Waals surface area (Å²) in [6.45, 7) is 3.07. The van der Waals surface area contributed by atoms with E-state index in [1.807, 2.05) is 4.90 Å². The molecule has 27 heavy (non-hydrogen) atoms. The predicted octanol–water partition coefficient (Wildman–Crippen LogP) is 3.48. The Morgan fingerprint density at radius 2 is 1.85 bits per heavy atom. The maximum atomic E-state index is 14.0. The van der Waals surface area contributed by atoms with E-state index in [2.05, 4.69) is 5.32 Å². The van der Waals surface area contributed by atoms with Crippen LogP contribution in [-0.4, -0.2) is 55.0 Å². The number of anilines is 1. The summed E-state index contributed by atoms with van der Waals surface area (Å²) in [6.07, 6.45) is 5.49. The van der Waals surface area contributed by atoms with Gasteiger partial charge in [-0.15, -0.1) is 0 Å². The lowest BCUT2D eigenvalue weighted by molar-refractivity contribution is -0.130. The summed E-state index contributed by atoms with van der Waals surface area (Å²) in [5.74, 6) is 0.633. The van der Waals surface area contributed by atoms with Crippen LogP contribution in [0, 0.1) is 11.7 Å². The van der Waals surface area contributed by atoms with Crippen molar-refractivity contribution in [3.63, 3.8) is 0 Å². The van der Waals surface area contributed by atoms with Gasteiger partial charge in [0.2, 0.25) is 5.91 Å². The first kappa shape index (κ1) is 19.5. The van der Waals surface area contributed by atoms with Crippen LogP contribution in [-0.2, 0) is 4.79 Å². The maximum absolute atomic E-state index is 14.0. The Morgan fingerprint density at radius 3 is 2.48 bits per heavy atom. The zero-order valence-electron chi connectivity index (χ0n) is 15.9. The number of carbonyl (C=O) groups excluding carboxylic acids is 2. The van der Waals surface area contributed by atoms with Gasteiger partial charge < -0.3 is 19.9 Å². The van der Waals surface area contributed by atoms with Gasteiger partial charge in [-0.2, -0.15) is 0 Å². The van der Waals surface area contributed by atoms with Gasteiger partial charge in [0.05, 0.1) is 12.8 Å². The summed E-state index contributed by atoms with van der Waals surface area (Å²) in [5, 5.41) is 2.63. The molecule has 148 valence electrons. The molecule has 2 aliphatic rings. The second-order valence-corrected chi connectivity index (χ2v) is 7.33. The number of urea groups is 1. The summed E-state index contributed by atoms with van der Waals surface area (Å²) in [7, 11) is 1.47. The molecule has 0 saturated carbocycles. The van der Waals surface area contributed by atoms with Gasteiger partial charge in [-0.25, -0.2) is 9.18 Å². The largest absolute Gasteiger partial charge is 0.497 e. The normalized spacial score (nSPS) is 17.9. The van der Waals surface area contributed by atoms with Crippen molar-refractivity contribution in [1.29, 1.82) is 0 Å². The summed E-state index contributed by atoms with van der Waals surface area (Å²) < 4.78 is 18.9. The van der Waals surface area contributed by atoms with Crippen molar-refractivity contribution in [3.05, 3.63) is 24.0 Å². The van der Waals surface area contributed by atoms with Crippen LogP contribution in [0.15, 0.2) is 18.2 Å². The molecular weight excluding hydrogens is 349 g/mol. The van der Waals surface area contributed by atoms with Crippen molar-refractivity contribution in [1.82, 2.24) is 9.80 Å². The van der Waals surface area contributed by atoms with E-state index in [-0.39, 0.29) is 17.6 Å². The number of halogens is 1. The lowest BCUT2D eigenvalue weighted by Gasteiger charge is -2.32. The average molecular weight is 377 g/mol. The minimum absolute atomic E-state index is 0.152. The SMILES string of the molecule is COc1ccc(NC(=O)N2CCC(CCC(=O)N3CCCC3)CC2)c(F)c1. The van der Waals surface area contributed by atoms with Crippen LogP contribution in [0.3, 0.4) is 0 Å². The quantitative estimate of drug-likeness (QED) is 0.855. The molecule has 2 heterocycles. The van der Waals surface area contributed by atoms with Crippen LogP contribution in [0.25, 0.3) is 0 Å². The number of hydrogen-bond donors (Lipinski definition) is 1. The topological polar surface area (TPSA) is 61.9 Å². The van der Waals surface area contributed by atoms with E-state index in [4.69, 9.17) is 4.74 Å². The number of nitrogens with zero attached hydrogens (tertiary/aromatic N) is 2. The Kier molecular flexibility index (Phi) is 6.53. The zero-order valence-corrected chi connectivity index (χ0v) is 15.9. The third kappa shape index (κ3) is 5.11. The number of methoxy groups -OCH3 is 1. The minimum Gasteiger partial charge on any atom is -0.497 e.